The smallest absolute Gasteiger partial charge is 0.307 e. The van der Waals surface area contributed by atoms with Crippen LogP contribution in [0.1, 0.15) is 13.8 Å². The van der Waals surface area contributed by atoms with Crippen molar-refractivity contribution in [3.63, 3.8) is 0 Å². The van der Waals surface area contributed by atoms with Crippen molar-refractivity contribution in [2.75, 3.05) is 13.2 Å². The molecule has 3 atom stereocenters. The van der Waals surface area contributed by atoms with Crippen molar-refractivity contribution in [1.29, 1.82) is 0 Å². The van der Waals surface area contributed by atoms with E-state index in [1.807, 2.05) is 18.2 Å². The Kier molecular flexibility index (Phi) is 4.67. The molecule has 0 saturated carbocycles. The molecule has 0 aromatic heterocycles. The van der Waals surface area contributed by atoms with Crippen molar-refractivity contribution < 1.29 is 24.2 Å². The molecule has 1 heterocycles. The van der Waals surface area contributed by atoms with Gasteiger partial charge in [0.2, 0.25) is 5.91 Å². The lowest BCUT2D eigenvalue weighted by molar-refractivity contribution is -0.146. The van der Waals surface area contributed by atoms with E-state index in [2.05, 4.69) is 5.32 Å². The second kappa shape index (κ2) is 6.47. The first kappa shape index (κ1) is 15.2. The SMILES string of the molecule is CC(C(=O)O)C(C)C(=O)NCC1COc2ccccc2O1. The first-order valence-electron chi connectivity index (χ1n) is 6.88. The van der Waals surface area contributed by atoms with Gasteiger partial charge in [-0.25, -0.2) is 0 Å². The van der Waals surface area contributed by atoms with Crippen LogP contribution >= 0.6 is 0 Å². The molecule has 1 amide bonds. The van der Waals surface area contributed by atoms with Crippen LogP contribution in [0.3, 0.4) is 0 Å². The van der Waals surface area contributed by atoms with Crippen molar-refractivity contribution in [1.82, 2.24) is 5.32 Å². The molecule has 1 aromatic carbocycles. The Bertz CT molecular complexity index is 531. The van der Waals surface area contributed by atoms with Crippen LogP contribution in [0.15, 0.2) is 24.3 Å². The summed E-state index contributed by atoms with van der Waals surface area (Å²) in [4.78, 5) is 22.8. The second-order valence-corrected chi connectivity index (χ2v) is 5.16. The summed E-state index contributed by atoms with van der Waals surface area (Å²) in [6, 6.07) is 7.33. The molecule has 0 radical (unpaired) electrons. The molecule has 1 aliphatic rings. The van der Waals surface area contributed by atoms with Gasteiger partial charge in [-0.3, -0.25) is 9.59 Å². The molecule has 2 rings (SSSR count). The average molecular weight is 293 g/mol. The van der Waals surface area contributed by atoms with Crippen LogP contribution in [-0.2, 0) is 9.59 Å². The van der Waals surface area contributed by atoms with Gasteiger partial charge in [-0.05, 0) is 12.1 Å². The average Bonchev–Trinajstić information content (AvgIpc) is 2.50. The molecular formula is C15H19NO5. The number of carboxylic acid groups (broad SMARTS) is 1. The molecule has 0 fully saturated rings. The van der Waals surface area contributed by atoms with E-state index in [-0.39, 0.29) is 18.6 Å². The lowest BCUT2D eigenvalue weighted by Crippen LogP contribution is -2.43. The van der Waals surface area contributed by atoms with Crippen molar-refractivity contribution in [2.24, 2.45) is 11.8 Å². The number of nitrogens with one attached hydrogen (secondary N) is 1. The zero-order valence-electron chi connectivity index (χ0n) is 12.0. The maximum atomic E-state index is 11.9. The number of hydrogen-bond donors (Lipinski definition) is 2. The van der Waals surface area contributed by atoms with Crippen LogP contribution in [0.5, 0.6) is 11.5 Å². The summed E-state index contributed by atoms with van der Waals surface area (Å²) in [7, 11) is 0. The van der Waals surface area contributed by atoms with Crippen LogP contribution in [-0.4, -0.2) is 36.2 Å². The van der Waals surface area contributed by atoms with E-state index >= 15 is 0 Å². The van der Waals surface area contributed by atoms with Gasteiger partial charge >= 0.3 is 5.97 Å². The van der Waals surface area contributed by atoms with Crippen LogP contribution in [0.4, 0.5) is 0 Å². The third kappa shape index (κ3) is 3.65. The Hall–Kier alpha value is -2.24. The van der Waals surface area contributed by atoms with Gasteiger partial charge in [-0.2, -0.15) is 0 Å². The van der Waals surface area contributed by atoms with E-state index < -0.39 is 17.8 Å². The van der Waals surface area contributed by atoms with E-state index in [0.29, 0.717) is 18.1 Å². The Labute approximate surface area is 123 Å². The zero-order valence-corrected chi connectivity index (χ0v) is 12.0. The van der Waals surface area contributed by atoms with Gasteiger partial charge in [-0.15, -0.1) is 0 Å². The molecular weight excluding hydrogens is 274 g/mol. The molecule has 0 spiro atoms. The zero-order chi connectivity index (χ0) is 15.4. The molecule has 0 aliphatic carbocycles. The van der Waals surface area contributed by atoms with Crippen molar-refractivity contribution >= 4 is 11.9 Å². The minimum Gasteiger partial charge on any atom is -0.486 e. The highest BCUT2D eigenvalue weighted by Crippen LogP contribution is 2.30. The van der Waals surface area contributed by atoms with E-state index in [1.165, 1.54) is 6.92 Å². The number of carbonyl (C=O) groups excluding carboxylic acids is 1. The van der Waals surface area contributed by atoms with Gasteiger partial charge in [-0.1, -0.05) is 26.0 Å². The predicted octanol–water partition coefficient (Wildman–Crippen LogP) is 1.30. The first-order chi connectivity index (χ1) is 9.99. The molecule has 1 aliphatic heterocycles. The van der Waals surface area contributed by atoms with Crippen LogP contribution in [0.25, 0.3) is 0 Å². The number of rotatable bonds is 5. The fourth-order valence-corrected chi connectivity index (χ4v) is 1.98. The molecule has 21 heavy (non-hydrogen) atoms. The Morgan fingerprint density at radius 3 is 2.62 bits per heavy atom. The van der Waals surface area contributed by atoms with Crippen LogP contribution in [0.2, 0.25) is 0 Å². The number of carbonyl (C=O) groups is 2. The van der Waals surface area contributed by atoms with Crippen molar-refractivity contribution in [3.8, 4) is 11.5 Å². The number of benzene rings is 1. The van der Waals surface area contributed by atoms with Gasteiger partial charge in [0.05, 0.1) is 12.5 Å². The molecule has 1 aromatic rings. The summed E-state index contributed by atoms with van der Waals surface area (Å²) in [6.07, 6.45) is -0.281. The fourth-order valence-electron chi connectivity index (χ4n) is 1.98. The maximum absolute atomic E-state index is 11.9. The van der Waals surface area contributed by atoms with Crippen molar-refractivity contribution in [2.45, 2.75) is 20.0 Å². The number of amides is 1. The first-order valence-corrected chi connectivity index (χ1v) is 6.88. The monoisotopic (exact) mass is 293 g/mol. The minimum atomic E-state index is -0.983. The highest BCUT2D eigenvalue weighted by atomic mass is 16.6. The fraction of sp³-hybridized carbons (Fsp3) is 0.467. The van der Waals surface area contributed by atoms with Gasteiger partial charge in [0.1, 0.15) is 12.7 Å². The lowest BCUT2D eigenvalue weighted by atomic mass is 9.95. The van der Waals surface area contributed by atoms with Crippen LogP contribution in [0, 0.1) is 11.8 Å². The highest BCUT2D eigenvalue weighted by Gasteiger charge is 2.27. The molecule has 0 bridgehead atoms. The van der Waals surface area contributed by atoms with Gasteiger partial charge in [0, 0.05) is 5.92 Å². The Morgan fingerprint density at radius 1 is 1.29 bits per heavy atom. The molecule has 114 valence electrons. The molecule has 2 N–H and O–H groups in total. The normalized spacial score (nSPS) is 19.4. The largest absolute Gasteiger partial charge is 0.486 e. The van der Waals surface area contributed by atoms with Gasteiger partial charge < -0.3 is 19.9 Å². The van der Waals surface area contributed by atoms with E-state index in [1.54, 1.807) is 13.0 Å². The number of ether oxygens (including phenoxy) is 2. The quantitative estimate of drug-likeness (QED) is 0.854. The summed E-state index contributed by atoms with van der Waals surface area (Å²) in [5.74, 6) is -1.27. The van der Waals surface area contributed by atoms with E-state index in [9.17, 15) is 9.59 Å². The lowest BCUT2D eigenvalue weighted by Gasteiger charge is -2.27. The Balaban J connectivity index is 1.84. The van der Waals surface area contributed by atoms with E-state index in [0.717, 1.165) is 0 Å². The number of carboxylic acids is 1. The van der Waals surface area contributed by atoms with Gasteiger partial charge in [0.25, 0.3) is 0 Å². The van der Waals surface area contributed by atoms with Gasteiger partial charge in [0.15, 0.2) is 11.5 Å². The van der Waals surface area contributed by atoms with E-state index in [4.69, 9.17) is 14.6 Å². The standard InChI is InChI=1S/C15H19NO5/c1-9(10(2)15(18)19)14(17)16-7-11-8-20-12-5-3-4-6-13(12)21-11/h3-6,9-11H,7-8H2,1-2H3,(H,16,17)(H,18,19). The highest BCUT2D eigenvalue weighted by molar-refractivity contribution is 5.84. The number of aliphatic carboxylic acids is 1. The predicted molar refractivity (Wildman–Crippen MR) is 75.3 cm³/mol. The summed E-state index contributed by atoms with van der Waals surface area (Å²) in [5.41, 5.74) is 0. The summed E-state index contributed by atoms with van der Waals surface area (Å²) >= 11 is 0. The summed E-state index contributed by atoms with van der Waals surface area (Å²) < 4.78 is 11.3. The number of para-hydroxylation sites is 2. The Morgan fingerprint density at radius 2 is 1.95 bits per heavy atom. The summed E-state index contributed by atoms with van der Waals surface area (Å²) in [6.45, 7) is 3.74. The van der Waals surface area contributed by atoms with Crippen molar-refractivity contribution in [3.05, 3.63) is 24.3 Å². The van der Waals surface area contributed by atoms with Crippen LogP contribution < -0.4 is 14.8 Å². The minimum absolute atomic E-state index is 0.281. The molecule has 6 heteroatoms. The second-order valence-electron chi connectivity index (χ2n) is 5.16. The third-order valence-corrected chi connectivity index (χ3v) is 3.62. The number of fused-ring (bicyclic) bond motifs is 1. The maximum Gasteiger partial charge on any atom is 0.307 e. The molecule has 0 saturated heterocycles. The third-order valence-electron chi connectivity index (χ3n) is 3.62. The number of hydrogen-bond acceptors (Lipinski definition) is 4. The molecule has 3 unspecified atom stereocenters. The summed E-state index contributed by atoms with van der Waals surface area (Å²) in [5, 5.41) is 11.6. The molecule has 6 nitrogen and oxygen atoms in total. The topological polar surface area (TPSA) is 84.9 Å².